The first kappa shape index (κ1) is 34.3. The third kappa shape index (κ3) is 7.61. The van der Waals surface area contributed by atoms with Crippen LogP contribution in [0.15, 0.2) is 54.6 Å². The highest BCUT2D eigenvalue weighted by molar-refractivity contribution is 5.65. The van der Waals surface area contributed by atoms with Crippen LogP contribution in [0.3, 0.4) is 0 Å². The Bertz CT molecular complexity index is 1760. The Hall–Kier alpha value is -4.60. The average molecular weight is 660 g/mol. The monoisotopic (exact) mass is 660 g/mol. The van der Waals surface area contributed by atoms with E-state index in [1.807, 2.05) is 12.8 Å². The van der Waals surface area contributed by atoms with E-state index < -0.39 is 86.6 Å². The lowest BCUT2D eigenvalue weighted by Crippen LogP contribution is -2.25. The highest BCUT2D eigenvalue weighted by Gasteiger charge is 2.42. The Morgan fingerprint density at radius 3 is 1.70 bits per heavy atom. The lowest BCUT2D eigenvalue weighted by Gasteiger charge is -2.20. The van der Waals surface area contributed by atoms with Gasteiger partial charge >= 0.3 is 12.3 Å². The van der Waals surface area contributed by atoms with E-state index >= 15 is 0 Å². The van der Waals surface area contributed by atoms with Crippen molar-refractivity contribution >= 4 is 0 Å². The van der Waals surface area contributed by atoms with Crippen LogP contribution in [0.4, 0.5) is 52.7 Å². The van der Waals surface area contributed by atoms with Crippen molar-refractivity contribution in [2.75, 3.05) is 0 Å². The second-order valence-corrected chi connectivity index (χ2v) is 10.0. The molecule has 0 aromatic heterocycles. The molecule has 4 aromatic carbocycles. The number of ether oxygens (including phenoxy) is 1. The van der Waals surface area contributed by atoms with Crippen molar-refractivity contribution in [1.29, 1.82) is 0 Å². The largest absolute Gasteiger partial charge is 0.432 e. The summed E-state index contributed by atoms with van der Waals surface area (Å²) in [6.07, 6.45) is -7.03. The maximum absolute atomic E-state index is 14.9. The van der Waals surface area contributed by atoms with E-state index in [4.69, 9.17) is 0 Å². The lowest BCUT2D eigenvalue weighted by atomic mass is 9.99. The van der Waals surface area contributed by atoms with Gasteiger partial charge in [-0.1, -0.05) is 43.7 Å². The quantitative estimate of drug-likeness (QED) is 0.104. The van der Waals surface area contributed by atoms with Crippen LogP contribution in [0, 0.1) is 52.6 Å². The Kier molecular flexibility index (Phi) is 9.99. The van der Waals surface area contributed by atoms with Crippen molar-refractivity contribution in [1.82, 2.24) is 0 Å². The summed E-state index contributed by atoms with van der Waals surface area (Å²) in [5.74, 6) is -9.60. The first-order chi connectivity index (χ1) is 21.5. The number of hydrogen-bond acceptors (Lipinski definition) is 1. The zero-order valence-corrected chi connectivity index (χ0v) is 23.5. The van der Waals surface area contributed by atoms with E-state index in [1.54, 1.807) is 5.92 Å². The predicted octanol–water partition coefficient (Wildman–Crippen LogP) is 10.6. The molecule has 0 heterocycles. The van der Waals surface area contributed by atoms with Gasteiger partial charge in [-0.3, -0.25) is 0 Å². The Morgan fingerprint density at radius 2 is 1.17 bits per heavy atom. The molecular weight excluding hydrogens is 640 g/mol. The summed E-state index contributed by atoms with van der Waals surface area (Å²) in [7, 11) is 0. The molecule has 0 N–H and O–H groups in total. The number of unbranched alkanes of at least 4 members (excludes halogenated alkanes) is 2. The fourth-order valence-electron chi connectivity index (χ4n) is 4.51. The fraction of sp³-hybridized carbons (Fsp3) is 0.212. The number of rotatable bonds is 8. The van der Waals surface area contributed by atoms with Crippen LogP contribution in [0.5, 0.6) is 5.75 Å². The SMILES string of the molecule is CCCCCc1ccc(-c2cc(F)c(C(F)(F)Oc3cc(F)c(C#Cc4cc(F)c(C(F)(F)F)c(F)c4)c(F)c3)c(F)c2)c(F)c1. The molecule has 0 saturated heterocycles. The number of hydrogen-bond donors (Lipinski definition) is 0. The van der Waals surface area contributed by atoms with Gasteiger partial charge in [0.1, 0.15) is 57.6 Å². The highest BCUT2D eigenvalue weighted by Crippen LogP contribution is 2.38. The summed E-state index contributed by atoms with van der Waals surface area (Å²) in [4.78, 5) is 0. The normalized spacial score (nSPS) is 11.8. The van der Waals surface area contributed by atoms with Crippen LogP contribution in [-0.2, 0) is 18.7 Å². The Balaban J connectivity index is 1.58. The molecule has 0 radical (unpaired) electrons. The van der Waals surface area contributed by atoms with Crippen LogP contribution >= 0.6 is 0 Å². The maximum Gasteiger partial charge on any atom is 0.432 e. The number of benzene rings is 4. The van der Waals surface area contributed by atoms with Crippen LogP contribution in [0.1, 0.15) is 54.0 Å². The minimum absolute atomic E-state index is 0.163. The van der Waals surface area contributed by atoms with Gasteiger partial charge in [-0.2, -0.15) is 22.0 Å². The summed E-state index contributed by atoms with van der Waals surface area (Å²) in [6.45, 7) is 1.99. The van der Waals surface area contributed by atoms with E-state index in [2.05, 4.69) is 4.74 Å². The van der Waals surface area contributed by atoms with Gasteiger partial charge in [-0.05, 0) is 54.3 Å². The van der Waals surface area contributed by atoms with Crippen molar-refractivity contribution in [2.24, 2.45) is 0 Å². The topological polar surface area (TPSA) is 9.23 Å². The lowest BCUT2D eigenvalue weighted by molar-refractivity contribution is -0.189. The smallest absolute Gasteiger partial charge is 0.429 e. The number of alkyl halides is 5. The second kappa shape index (κ2) is 13.4. The molecule has 242 valence electrons. The molecule has 0 atom stereocenters. The average Bonchev–Trinajstić information content (AvgIpc) is 2.90. The molecule has 0 bridgehead atoms. The standard InChI is InChI=1S/C33H20F12O/c1-2-3-4-5-17-6-8-21(23(34)10-17)19-13-28(39)31(29(40)14-19)33(44,45)46-20-15-24(35)22(25(36)16-20)9-7-18-11-26(37)30(27(38)12-18)32(41,42)43/h6,8,10-16H,2-5H2,1H3. The molecule has 0 saturated carbocycles. The van der Waals surface area contributed by atoms with Gasteiger partial charge in [-0.25, -0.2) is 30.7 Å². The van der Waals surface area contributed by atoms with Gasteiger partial charge in [0.2, 0.25) is 0 Å². The predicted molar refractivity (Wildman–Crippen MR) is 143 cm³/mol. The van der Waals surface area contributed by atoms with Gasteiger partial charge in [0.15, 0.2) is 0 Å². The first-order valence-corrected chi connectivity index (χ1v) is 13.4. The van der Waals surface area contributed by atoms with Gasteiger partial charge in [-0.15, -0.1) is 0 Å². The minimum Gasteiger partial charge on any atom is -0.429 e. The summed E-state index contributed by atoms with van der Waals surface area (Å²) < 4.78 is 173. The summed E-state index contributed by atoms with van der Waals surface area (Å²) in [6, 6.07) is 5.50. The van der Waals surface area contributed by atoms with Crippen LogP contribution < -0.4 is 4.74 Å². The van der Waals surface area contributed by atoms with E-state index in [9.17, 15) is 52.7 Å². The molecule has 13 heteroatoms. The zero-order chi connectivity index (χ0) is 34.0. The van der Waals surface area contributed by atoms with E-state index in [0.717, 1.165) is 19.3 Å². The van der Waals surface area contributed by atoms with Crippen molar-refractivity contribution in [3.8, 4) is 28.7 Å². The zero-order valence-electron chi connectivity index (χ0n) is 23.5. The Morgan fingerprint density at radius 1 is 0.609 bits per heavy atom. The second-order valence-electron chi connectivity index (χ2n) is 10.0. The molecule has 0 fully saturated rings. The van der Waals surface area contributed by atoms with Gasteiger partial charge in [0.05, 0.1) is 5.56 Å². The molecule has 1 nitrogen and oxygen atoms in total. The summed E-state index contributed by atoms with van der Waals surface area (Å²) >= 11 is 0. The van der Waals surface area contributed by atoms with Gasteiger partial charge in [0, 0.05) is 23.3 Å². The molecule has 0 amide bonds. The van der Waals surface area contributed by atoms with Gasteiger partial charge in [0.25, 0.3) is 0 Å². The minimum atomic E-state index is -5.37. The molecule has 0 aliphatic heterocycles. The maximum atomic E-state index is 14.9. The third-order valence-electron chi connectivity index (χ3n) is 6.67. The van der Waals surface area contributed by atoms with E-state index in [1.165, 1.54) is 18.2 Å². The van der Waals surface area contributed by atoms with Crippen LogP contribution in [0.25, 0.3) is 11.1 Å². The van der Waals surface area contributed by atoms with Gasteiger partial charge < -0.3 is 4.74 Å². The van der Waals surface area contributed by atoms with Crippen molar-refractivity contribution < 1.29 is 57.4 Å². The van der Waals surface area contributed by atoms with Crippen molar-refractivity contribution in [3.63, 3.8) is 0 Å². The van der Waals surface area contributed by atoms with Crippen molar-refractivity contribution in [3.05, 3.63) is 123 Å². The summed E-state index contributed by atoms with van der Waals surface area (Å²) in [5, 5.41) is 0. The number of aryl methyl sites for hydroxylation is 1. The molecule has 0 aliphatic carbocycles. The fourth-order valence-corrected chi connectivity index (χ4v) is 4.51. The highest BCUT2D eigenvalue weighted by atomic mass is 19.4. The molecule has 0 aliphatic rings. The van der Waals surface area contributed by atoms with Crippen LogP contribution in [0.2, 0.25) is 0 Å². The number of halogens is 12. The molecule has 0 unspecified atom stereocenters. The molecule has 46 heavy (non-hydrogen) atoms. The summed E-state index contributed by atoms with van der Waals surface area (Å²) in [5.41, 5.74) is -6.09. The molecule has 4 rings (SSSR count). The molecule has 4 aromatic rings. The first-order valence-electron chi connectivity index (χ1n) is 13.4. The van der Waals surface area contributed by atoms with E-state index in [0.29, 0.717) is 24.1 Å². The van der Waals surface area contributed by atoms with E-state index in [-0.39, 0.29) is 29.8 Å². The molecule has 0 spiro atoms. The van der Waals surface area contributed by atoms with Crippen molar-refractivity contribution in [2.45, 2.75) is 44.9 Å². The van der Waals surface area contributed by atoms with Crippen LogP contribution in [-0.4, -0.2) is 0 Å². The Labute approximate surface area is 254 Å². The third-order valence-corrected chi connectivity index (χ3v) is 6.67. The molecular formula is C33H20F12O.